The van der Waals surface area contributed by atoms with Crippen molar-refractivity contribution >= 4 is 11.8 Å². The summed E-state index contributed by atoms with van der Waals surface area (Å²) in [5.41, 5.74) is 1.86. The van der Waals surface area contributed by atoms with Gasteiger partial charge in [0.1, 0.15) is 5.75 Å². The molecule has 0 heterocycles. The van der Waals surface area contributed by atoms with E-state index in [1.165, 1.54) is 0 Å². The third kappa shape index (κ3) is 4.04. The Morgan fingerprint density at radius 1 is 1.00 bits per heavy atom. The molecule has 2 heteroatoms. The lowest BCUT2D eigenvalue weighted by Gasteiger charge is -2.28. The second-order valence-corrected chi connectivity index (χ2v) is 8.54. The van der Waals surface area contributed by atoms with Gasteiger partial charge in [0, 0.05) is 16.0 Å². The molecule has 1 N–H and O–H groups in total. The Hall–Kier alpha value is -0.890. The van der Waals surface area contributed by atoms with E-state index in [9.17, 15) is 5.11 Å². The molecule has 0 unspecified atom stereocenters. The number of rotatable bonds is 2. The molecule has 0 aliphatic heterocycles. The van der Waals surface area contributed by atoms with Gasteiger partial charge in [-0.05, 0) is 34.8 Å². The maximum absolute atomic E-state index is 10.6. The molecule has 0 aliphatic rings. The lowest BCUT2D eigenvalue weighted by atomic mass is 9.79. The summed E-state index contributed by atoms with van der Waals surface area (Å²) in [7, 11) is 0. The molecule has 106 valence electrons. The molecular weight excluding hydrogens is 252 g/mol. The van der Waals surface area contributed by atoms with Gasteiger partial charge in [-0.1, -0.05) is 59.9 Å². The molecule has 1 aromatic rings. The average molecular weight is 278 g/mol. The summed E-state index contributed by atoms with van der Waals surface area (Å²) < 4.78 is 0. The molecule has 0 atom stereocenters. The molecule has 0 radical (unpaired) electrons. The fraction of sp³-hybridized carbons (Fsp3) is 0.529. The Balaban J connectivity index is 3.52. The van der Waals surface area contributed by atoms with Crippen molar-refractivity contribution in [3.63, 3.8) is 0 Å². The van der Waals surface area contributed by atoms with Gasteiger partial charge in [0.25, 0.3) is 0 Å². The number of allylic oxidation sites excluding steroid dienone is 1. The normalized spacial score (nSPS) is 12.6. The van der Waals surface area contributed by atoms with Crippen LogP contribution in [0.25, 0.3) is 0 Å². The van der Waals surface area contributed by atoms with Gasteiger partial charge < -0.3 is 5.11 Å². The zero-order chi connectivity index (χ0) is 15.0. The highest BCUT2D eigenvalue weighted by Crippen LogP contribution is 2.42. The molecule has 1 aromatic carbocycles. The minimum Gasteiger partial charge on any atom is -0.507 e. The predicted molar refractivity (Wildman–Crippen MR) is 86.2 cm³/mol. The Kier molecular flexibility index (Phi) is 4.46. The lowest BCUT2D eigenvalue weighted by Crippen LogP contribution is -2.17. The Morgan fingerprint density at radius 3 is 1.63 bits per heavy atom. The molecule has 0 spiro atoms. The zero-order valence-electron chi connectivity index (χ0n) is 13.2. The molecule has 0 fully saturated rings. The highest BCUT2D eigenvalue weighted by molar-refractivity contribution is 8.03. The minimum absolute atomic E-state index is 0.0737. The van der Waals surface area contributed by atoms with E-state index >= 15 is 0 Å². The van der Waals surface area contributed by atoms with Gasteiger partial charge in [-0.3, -0.25) is 0 Å². The first kappa shape index (κ1) is 16.2. The molecule has 0 bridgehead atoms. The molecule has 19 heavy (non-hydrogen) atoms. The standard InChI is InChI=1S/C17H26OS/c1-11(2)19-12-9-13(16(3,4)5)15(18)14(10-12)17(6,7)8/h9-10,18H,1H2,2-8H3. The van der Waals surface area contributed by atoms with Gasteiger partial charge >= 0.3 is 0 Å². The first-order valence-electron chi connectivity index (χ1n) is 6.64. The molecular formula is C17H26OS. The van der Waals surface area contributed by atoms with E-state index < -0.39 is 0 Å². The van der Waals surface area contributed by atoms with Crippen molar-refractivity contribution in [3.05, 3.63) is 34.7 Å². The van der Waals surface area contributed by atoms with E-state index in [0.717, 1.165) is 20.9 Å². The van der Waals surface area contributed by atoms with Gasteiger partial charge in [0.05, 0.1) is 0 Å². The third-order valence-electron chi connectivity index (χ3n) is 2.99. The maximum Gasteiger partial charge on any atom is 0.123 e. The average Bonchev–Trinajstić information content (AvgIpc) is 2.16. The second kappa shape index (κ2) is 5.24. The Morgan fingerprint density at radius 2 is 1.37 bits per heavy atom. The van der Waals surface area contributed by atoms with Crippen LogP contribution in [-0.2, 0) is 10.8 Å². The fourth-order valence-corrected chi connectivity index (χ4v) is 2.77. The summed E-state index contributed by atoms with van der Waals surface area (Å²) in [5.74, 6) is 0.436. The minimum atomic E-state index is -0.0737. The Bertz CT molecular complexity index is 452. The van der Waals surface area contributed by atoms with Crippen LogP contribution in [0.4, 0.5) is 0 Å². The summed E-state index contributed by atoms with van der Waals surface area (Å²) in [6, 6.07) is 4.17. The van der Waals surface area contributed by atoms with Crippen LogP contribution in [0.5, 0.6) is 5.75 Å². The van der Waals surface area contributed by atoms with Crippen molar-refractivity contribution in [1.82, 2.24) is 0 Å². The monoisotopic (exact) mass is 278 g/mol. The molecule has 0 aromatic heterocycles. The van der Waals surface area contributed by atoms with E-state index in [1.807, 2.05) is 6.92 Å². The molecule has 0 saturated carbocycles. The van der Waals surface area contributed by atoms with Gasteiger partial charge in [-0.2, -0.15) is 0 Å². The largest absolute Gasteiger partial charge is 0.507 e. The van der Waals surface area contributed by atoms with E-state index in [-0.39, 0.29) is 10.8 Å². The summed E-state index contributed by atoms with van der Waals surface area (Å²) in [6.45, 7) is 18.7. The number of hydrogen-bond acceptors (Lipinski definition) is 2. The highest BCUT2D eigenvalue weighted by atomic mass is 32.2. The first-order valence-corrected chi connectivity index (χ1v) is 7.46. The van der Waals surface area contributed by atoms with E-state index in [1.54, 1.807) is 11.8 Å². The summed E-state index contributed by atoms with van der Waals surface area (Å²) in [5, 5.41) is 10.6. The summed E-state index contributed by atoms with van der Waals surface area (Å²) in [4.78, 5) is 2.21. The topological polar surface area (TPSA) is 20.2 Å². The van der Waals surface area contributed by atoms with Crippen LogP contribution < -0.4 is 0 Å². The highest BCUT2D eigenvalue weighted by Gasteiger charge is 2.26. The SMILES string of the molecule is C=C(C)Sc1cc(C(C)(C)C)c(O)c(C(C)(C)C)c1. The van der Waals surface area contributed by atoms with Crippen LogP contribution >= 0.6 is 11.8 Å². The smallest absolute Gasteiger partial charge is 0.123 e. The van der Waals surface area contributed by atoms with Crippen molar-refractivity contribution in [3.8, 4) is 5.75 Å². The number of phenolic OH excluding ortho intramolecular Hbond substituents is 1. The molecule has 0 amide bonds. The van der Waals surface area contributed by atoms with Gasteiger partial charge in [-0.25, -0.2) is 0 Å². The summed E-state index contributed by atoms with van der Waals surface area (Å²) >= 11 is 1.66. The van der Waals surface area contributed by atoms with Crippen LogP contribution in [0.2, 0.25) is 0 Å². The zero-order valence-corrected chi connectivity index (χ0v) is 14.0. The van der Waals surface area contributed by atoms with Crippen LogP contribution in [0.3, 0.4) is 0 Å². The second-order valence-electron chi connectivity index (χ2n) is 7.17. The van der Waals surface area contributed by atoms with Crippen molar-refractivity contribution < 1.29 is 5.11 Å². The van der Waals surface area contributed by atoms with Crippen LogP contribution in [-0.4, -0.2) is 5.11 Å². The first-order chi connectivity index (χ1) is 8.43. The van der Waals surface area contributed by atoms with Crippen molar-refractivity contribution in [1.29, 1.82) is 0 Å². The predicted octanol–water partition coefficient (Wildman–Crippen LogP) is 5.61. The van der Waals surface area contributed by atoms with E-state index in [0.29, 0.717) is 5.75 Å². The fourth-order valence-electron chi connectivity index (χ4n) is 2.01. The van der Waals surface area contributed by atoms with Crippen LogP contribution in [0.15, 0.2) is 28.5 Å². The van der Waals surface area contributed by atoms with E-state index in [2.05, 4.69) is 60.3 Å². The van der Waals surface area contributed by atoms with Crippen LogP contribution in [0, 0.1) is 0 Å². The number of thioether (sulfide) groups is 1. The quantitative estimate of drug-likeness (QED) is 0.709. The molecule has 0 aliphatic carbocycles. The third-order valence-corrected chi connectivity index (χ3v) is 3.81. The van der Waals surface area contributed by atoms with Gasteiger partial charge in [-0.15, -0.1) is 0 Å². The maximum atomic E-state index is 10.6. The van der Waals surface area contributed by atoms with Gasteiger partial charge in [0.15, 0.2) is 0 Å². The van der Waals surface area contributed by atoms with Crippen LogP contribution in [0.1, 0.15) is 59.6 Å². The number of benzene rings is 1. The lowest BCUT2D eigenvalue weighted by molar-refractivity contribution is 0.422. The molecule has 1 rings (SSSR count). The van der Waals surface area contributed by atoms with Crippen molar-refractivity contribution in [2.75, 3.05) is 0 Å². The Labute approximate surface area is 122 Å². The number of aromatic hydroxyl groups is 1. The van der Waals surface area contributed by atoms with Gasteiger partial charge in [0.2, 0.25) is 0 Å². The van der Waals surface area contributed by atoms with Crippen molar-refractivity contribution in [2.45, 2.75) is 64.2 Å². The number of hydrogen-bond donors (Lipinski definition) is 1. The molecule has 0 saturated heterocycles. The van der Waals surface area contributed by atoms with E-state index in [4.69, 9.17) is 0 Å². The van der Waals surface area contributed by atoms with Crippen molar-refractivity contribution in [2.24, 2.45) is 0 Å². The summed E-state index contributed by atoms with van der Waals surface area (Å²) in [6.07, 6.45) is 0. The number of phenols is 1. The molecule has 1 nitrogen and oxygen atoms in total.